The SMILES string of the molecule is N[C@H](C=O)CCCCNC(=O)CC[C@H](NC(=O)CC[C@H](NC(=O)CCCCCCCCCCCCCCCCC(=O)O)C(=O)O)C(=O)O. The number of aliphatic carboxylic acids is 3. The Kier molecular flexibility index (Phi) is 27.4. The van der Waals surface area contributed by atoms with E-state index in [1.54, 1.807) is 0 Å². The van der Waals surface area contributed by atoms with Crippen molar-refractivity contribution in [2.24, 2.45) is 5.73 Å². The Hall–Kier alpha value is -3.55. The molecule has 0 aromatic carbocycles. The fourth-order valence-corrected chi connectivity index (χ4v) is 5.17. The maximum absolute atomic E-state index is 12.4. The lowest BCUT2D eigenvalue weighted by atomic mass is 10.0. The van der Waals surface area contributed by atoms with Crippen molar-refractivity contribution in [2.45, 2.75) is 166 Å². The molecule has 0 rings (SSSR count). The third-order valence-corrected chi connectivity index (χ3v) is 8.09. The molecular weight excluding hydrogens is 624 g/mol. The van der Waals surface area contributed by atoms with E-state index in [1.165, 1.54) is 32.1 Å². The van der Waals surface area contributed by atoms with Crippen LogP contribution in [0.15, 0.2) is 0 Å². The van der Waals surface area contributed by atoms with Crippen LogP contribution < -0.4 is 21.7 Å². The van der Waals surface area contributed by atoms with Gasteiger partial charge in [-0.05, 0) is 44.9 Å². The fourth-order valence-electron chi connectivity index (χ4n) is 5.17. The van der Waals surface area contributed by atoms with Crippen molar-refractivity contribution in [3.63, 3.8) is 0 Å². The van der Waals surface area contributed by atoms with Gasteiger partial charge >= 0.3 is 17.9 Å². The number of carboxylic acid groups (broad SMARTS) is 3. The average Bonchev–Trinajstić information content (AvgIpc) is 3.03. The van der Waals surface area contributed by atoms with Crippen LogP contribution >= 0.6 is 0 Å². The molecule has 0 fully saturated rings. The molecule has 0 saturated heterocycles. The predicted molar refractivity (Wildman–Crippen MR) is 180 cm³/mol. The second kappa shape index (κ2) is 29.6. The number of carboxylic acids is 3. The van der Waals surface area contributed by atoms with Crippen LogP contribution in [0.5, 0.6) is 0 Å². The van der Waals surface area contributed by atoms with Gasteiger partial charge in [0.1, 0.15) is 18.4 Å². The highest BCUT2D eigenvalue weighted by Crippen LogP contribution is 2.14. The molecule has 0 spiro atoms. The predicted octanol–water partition coefficient (Wildman–Crippen LogP) is 3.82. The quantitative estimate of drug-likeness (QED) is 0.0387. The van der Waals surface area contributed by atoms with Gasteiger partial charge in [0, 0.05) is 32.2 Å². The van der Waals surface area contributed by atoms with Crippen LogP contribution in [-0.2, 0) is 33.6 Å². The highest BCUT2D eigenvalue weighted by atomic mass is 16.4. The summed E-state index contributed by atoms with van der Waals surface area (Å²) in [5.41, 5.74) is 5.50. The Labute approximate surface area is 284 Å². The number of hydrogen-bond acceptors (Lipinski definition) is 8. The molecule has 0 aliphatic rings. The highest BCUT2D eigenvalue weighted by Gasteiger charge is 2.24. The van der Waals surface area contributed by atoms with Gasteiger partial charge in [-0.3, -0.25) is 19.2 Å². The summed E-state index contributed by atoms with van der Waals surface area (Å²) in [6.45, 7) is 0.347. The van der Waals surface area contributed by atoms with Crippen LogP contribution in [-0.4, -0.2) is 81.9 Å². The van der Waals surface area contributed by atoms with Gasteiger partial charge in [0.15, 0.2) is 0 Å². The zero-order valence-electron chi connectivity index (χ0n) is 28.6. The second-order valence-corrected chi connectivity index (χ2v) is 12.5. The van der Waals surface area contributed by atoms with Gasteiger partial charge in [-0.1, -0.05) is 77.0 Å². The topological polar surface area (TPSA) is 242 Å². The summed E-state index contributed by atoms with van der Waals surface area (Å²) in [6.07, 6.45) is 16.8. The summed E-state index contributed by atoms with van der Waals surface area (Å²) in [5.74, 6) is -4.82. The van der Waals surface area contributed by atoms with Crippen molar-refractivity contribution in [2.75, 3.05) is 6.54 Å². The Balaban J connectivity index is 4.05. The lowest BCUT2D eigenvalue weighted by Gasteiger charge is -2.17. The molecule has 14 heteroatoms. The molecule has 3 atom stereocenters. The number of rotatable bonds is 33. The van der Waals surface area contributed by atoms with Crippen molar-refractivity contribution < 1.29 is 48.9 Å². The third-order valence-electron chi connectivity index (χ3n) is 8.09. The number of unbranched alkanes of at least 4 members (excludes halogenated alkanes) is 14. The van der Waals surface area contributed by atoms with Crippen LogP contribution in [0, 0.1) is 0 Å². The molecule has 0 radical (unpaired) electrons. The van der Waals surface area contributed by atoms with E-state index in [2.05, 4.69) is 16.0 Å². The first-order valence-electron chi connectivity index (χ1n) is 17.7. The highest BCUT2D eigenvalue weighted by molar-refractivity contribution is 5.86. The Bertz CT molecular complexity index is 962. The van der Waals surface area contributed by atoms with Gasteiger partial charge < -0.3 is 41.8 Å². The first-order chi connectivity index (χ1) is 23.0. The molecule has 48 heavy (non-hydrogen) atoms. The summed E-state index contributed by atoms with van der Waals surface area (Å²) in [6, 6.07) is -3.14. The minimum absolute atomic E-state index is 0.139. The summed E-state index contributed by atoms with van der Waals surface area (Å²) >= 11 is 0. The minimum Gasteiger partial charge on any atom is -0.481 e. The summed E-state index contributed by atoms with van der Waals surface area (Å²) in [5, 5.41) is 35.0. The van der Waals surface area contributed by atoms with Crippen molar-refractivity contribution in [1.29, 1.82) is 0 Å². The lowest BCUT2D eigenvalue weighted by molar-refractivity contribution is -0.143. The van der Waals surface area contributed by atoms with E-state index < -0.39 is 47.8 Å². The molecule has 0 aliphatic heterocycles. The average molecular weight is 685 g/mol. The molecule has 0 aromatic heterocycles. The van der Waals surface area contributed by atoms with E-state index in [0.29, 0.717) is 38.5 Å². The van der Waals surface area contributed by atoms with E-state index in [0.717, 1.165) is 51.4 Å². The van der Waals surface area contributed by atoms with Crippen LogP contribution in [0.4, 0.5) is 0 Å². The van der Waals surface area contributed by atoms with Crippen LogP contribution in [0.3, 0.4) is 0 Å². The summed E-state index contributed by atoms with van der Waals surface area (Å²) < 4.78 is 0. The van der Waals surface area contributed by atoms with Gasteiger partial charge in [-0.15, -0.1) is 0 Å². The molecule has 0 unspecified atom stereocenters. The van der Waals surface area contributed by atoms with Crippen LogP contribution in [0.1, 0.15) is 148 Å². The Morgan fingerprint density at radius 1 is 0.500 bits per heavy atom. The monoisotopic (exact) mass is 684 g/mol. The van der Waals surface area contributed by atoms with E-state index >= 15 is 0 Å². The largest absolute Gasteiger partial charge is 0.481 e. The number of carbonyl (C=O) groups excluding carboxylic acids is 4. The van der Waals surface area contributed by atoms with Crippen LogP contribution in [0.25, 0.3) is 0 Å². The number of aldehydes is 1. The van der Waals surface area contributed by atoms with E-state index in [9.17, 15) is 43.8 Å². The standard InChI is InChI=1S/C34H60N4O10/c35-26(25-39)17-15-16-24-36-29(40)22-20-27(33(45)46)38-31(42)23-21-28(34(47)48)37-30(41)18-13-11-9-7-5-3-1-2-4-6-8-10-12-14-19-32(43)44/h25-28H,1-24,35H2,(H,36,40)(H,37,41)(H,38,42)(H,43,44)(H,45,46)(H,47,48)/t26-,27-,28-/m0/s1. The molecule has 8 N–H and O–H groups in total. The minimum atomic E-state index is -1.33. The number of amides is 3. The van der Waals surface area contributed by atoms with Gasteiger partial charge in [0.2, 0.25) is 17.7 Å². The van der Waals surface area contributed by atoms with Gasteiger partial charge in [0.25, 0.3) is 0 Å². The normalized spacial score (nSPS) is 12.8. The van der Waals surface area contributed by atoms with E-state index in [1.807, 2.05) is 0 Å². The molecule has 0 saturated carbocycles. The molecule has 0 heterocycles. The van der Waals surface area contributed by atoms with E-state index in [4.69, 9.17) is 10.8 Å². The fraction of sp³-hybridized carbons (Fsp3) is 0.794. The molecule has 3 amide bonds. The van der Waals surface area contributed by atoms with Gasteiger partial charge in [0.05, 0.1) is 6.04 Å². The molecule has 14 nitrogen and oxygen atoms in total. The molecule has 276 valence electrons. The number of hydrogen-bond donors (Lipinski definition) is 7. The van der Waals surface area contributed by atoms with Crippen molar-refractivity contribution in [3.8, 4) is 0 Å². The molecular formula is C34H60N4O10. The van der Waals surface area contributed by atoms with Gasteiger partial charge in [-0.25, -0.2) is 9.59 Å². The number of nitrogens with two attached hydrogens (primary N) is 1. The van der Waals surface area contributed by atoms with E-state index in [-0.39, 0.29) is 44.4 Å². The third kappa shape index (κ3) is 27.6. The number of nitrogens with one attached hydrogen (secondary N) is 3. The second-order valence-electron chi connectivity index (χ2n) is 12.5. The van der Waals surface area contributed by atoms with Crippen molar-refractivity contribution in [3.05, 3.63) is 0 Å². The smallest absolute Gasteiger partial charge is 0.326 e. The van der Waals surface area contributed by atoms with Crippen molar-refractivity contribution >= 4 is 41.9 Å². The Morgan fingerprint density at radius 2 is 0.896 bits per heavy atom. The summed E-state index contributed by atoms with van der Waals surface area (Å²) in [4.78, 5) is 80.9. The molecule has 0 bridgehead atoms. The van der Waals surface area contributed by atoms with Crippen LogP contribution in [0.2, 0.25) is 0 Å². The maximum atomic E-state index is 12.4. The summed E-state index contributed by atoms with van der Waals surface area (Å²) in [7, 11) is 0. The number of carbonyl (C=O) groups is 7. The lowest BCUT2D eigenvalue weighted by Crippen LogP contribution is -2.44. The molecule has 0 aliphatic carbocycles. The first kappa shape index (κ1) is 44.5. The van der Waals surface area contributed by atoms with Gasteiger partial charge in [-0.2, -0.15) is 0 Å². The zero-order chi connectivity index (χ0) is 36.0. The maximum Gasteiger partial charge on any atom is 0.326 e. The molecule has 0 aromatic rings. The van der Waals surface area contributed by atoms with Crippen molar-refractivity contribution in [1.82, 2.24) is 16.0 Å². The zero-order valence-corrected chi connectivity index (χ0v) is 28.6. The Morgan fingerprint density at radius 3 is 1.31 bits per heavy atom. The first-order valence-corrected chi connectivity index (χ1v) is 17.7.